The fraction of sp³-hybridized carbons (Fsp3) is 0.364. The van der Waals surface area contributed by atoms with E-state index in [9.17, 15) is 9.90 Å². The lowest BCUT2D eigenvalue weighted by molar-refractivity contribution is -0.147. The van der Waals surface area contributed by atoms with Crippen molar-refractivity contribution in [2.75, 3.05) is 6.61 Å². The number of rotatable bonds is 4. The van der Waals surface area contributed by atoms with E-state index < -0.39 is 18.1 Å². The molecule has 17 heavy (non-hydrogen) atoms. The van der Waals surface area contributed by atoms with Gasteiger partial charge in [-0.25, -0.2) is 0 Å². The van der Waals surface area contributed by atoms with Crippen LogP contribution in [0.2, 0.25) is 10.0 Å². The molecule has 0 aliphatic rings. The van der Waals surface area contributed by atoms with Gasteiger partial charge < -0.3 is 15.6 Å². The summed E-state index contributed by atoms with van der Waals surface area (Å²) >= 11 is 11.7. The van der Waals surface area contributed by atoms with E-state index in [2.05, 4.69) is 0 Å². The number of aliphatic hydroxyl groups excluding tert-OH is 1. The summed E-state index contributed by atoms with van der Waals surface area (Å²) in [5, 5.41) is 10.4. The largest absolute Gasteiger partial charge is 0.465 e. The highest BCUT2D eigenvalue weighted by Gasteiger charge is 2.27. The SMILES string of the molecule is CCOC(=O)C(N)C(O)c1cccc(Cl)c1Cl. The van der Waals surface area contributed by atoms with Gasteiger partial charge in [0, 0.05) is 5.56 Å². The van der Waals surface area contributed by atoms with Crippen molar-refractivity contribution in [1.29, 1.82) is 0 Å². The molecule has 0 aliphatic carbocycles. The number of hydrogen-bond acceptors (Lipinski definition) is 4. The van der Waals surface area contributed by atoms with Crippen molar-refractivity contribution >= 4 is 29.2 Å². The van der Waals surface area contributed by atoms with Crippen LogP contribution in [0.5, 0.6) is 0 Å². The predicted octanol–water partition coefficient (Wildman–Crippen LogP) is 1.92. The molecule has 1 rings (SSSR count). The zero-order valence-corrected chi connectivity index (χ0v) is 10.7. The number of esters is 1. The summed E-state index contributed by atoms with van der Waals surface area (Å²) in [6, 6.07) is 3.56. The van der Waals surface area contributed by atoms with Crippen molar-refractivity contribution in [3.05, 3.63) is 33.8 Å². The van der Waals surface area contributed by atoms with E-state index >= 15 is 0 Å². The highest BCUT2D eigenvalue weighted by atomic mass is 35.5. The first-order chi connectivity index (χ1) is 7.99. The monoisotopic (exact) mass is 277 g/mol. The van der Waals surface area contributed by atoms with Gasteiger partial charge in [-0.3, -0.25) is 4.79 Å². The van der Waals surface area contributed by atoms with Gasteiger partial charge in [-0.05, 0) is 13.0 Å². The molecule has 1 aromatic rings. The van der Waals surface area contributed by atoms with Gasteiger partial charge in [-0.15, -0.1) is 0 Å². The number of carbonyl (C=O) groups is 1. The third kappa shape index (κ3) is 3.33. The highest BCUT2D eigenvalue weighted by molar-refractivity contribution is 6.42. The lowest BCUT2D eigenvalue weighted by Crippen LogP contribution is -2.38. The van der Waals surface area contributed by atoms with E-state index in [1.807, 2.05) is 0 Å². The molecule has 0 saturated carbocycles. The van der Waals surface area contributed by atoms with Crippen LogP contribution in [-0.2, 0) is 9.53 Å². The zero-order valence-electron chi connectivity index (χ0n) is 9.19. The molecule has 94 valence electrons. The fourth-order valence-corrected chi connectivity index (χ4v) is 1.73. The van der Waals surface area contributed by atoms with Gasteiger partial charge in [0.05, 0.1) is 16.7 Å². The lowest BCUT2D eigenvalue weighted by atomic mass is 10.0. The van der Waals surface area contributed by atoms with Crippen LogP contribution in [0, 0.1) is 0 Å². The maximum atomic E-state index is 11.4. The number of benzene rings is 1. The first-order valence-electron chi connectivity index (χ1n) is 5.03. The van der Waals surface area contributed by atoms with Gasteiger partial charge in [0.15, 0.2) is 0 Å². The van der Waals surface area contributed by atoms with E-state index in [1.165, 1.54) is 0 Å². The first kappa shape index (κ1) is 14.3. The molecule has 0 fully saturated rings. The second-order valence-corrected chi connectivity index (χ2v) is 4.15. The number of carbonyl (C=O) groups excluding carboxylic acids is 1. The van der Waals surface area contributed by atoms with E-state index in [4.69, 9.17) is 33.7 Å². The number of hydrogen-bond donors (Lipinski definition) is 2. The molecule has 0 aliphatic heterocycles. The summed E-state index contributed by atoms with van der Waals surface area (Å²) in [5.74, 6) is -0.684. The second-order valence-electron chi connectivity index (χ2n) is 3.37. The zero-order chi connectivity index (χ0) is 13.0. The van der Waals surface area contributed by atoms with Crippen LogP contribution in [0.4, 0.5) is 0 Å². The van der Waals surface area contributed by atoms with Gasteiger partial charge in [0.2, 0.25) is 0 Å². The van der Waals surface area contributed by atoms with Crippen molar-refractivity contribution in [3.63, 3.8) is 0 Å². The summed E-state index contributed by atoms with van der Waals surface area (Å²) in [6.07, 6.45) is -1.25. The minimum absolute atomic E-state index is 0.182. The minimum atomic E-state index is -1.25. The van der Waals surface area contributed by atoms with Crippen LogP contribution in [0.15, 0.2) is 18.2 Å². The third-order valence-electron chi connectivity index (χ3n) is 2.20. The van der Waals surface area contributed by atoms with Crippen LogP contribution in [0.25, 0.3) is 0 Å². The smallest absolute Gasteiger partial charge is 0.325 e. The van der Waals surface area contributed by atoms with E-state index in [0.717, 1.165) is 0 Å². The van der Waals surface area contributed by atoms with E-state index in [0.29, 0.717) is 10.6 Å². The predicted molar refractivity (Wildman–Crippen MR) is 66.0 cm³/mol. The first-order valence-corrected chi connectivity index (χ1v) is 5.78. The number of aliphatic hydroxyl groups is 1. The van der Waals surface area contributed by atoms with Crippen molar-refractivity contribution < 1.29 is 14.6 Å². The third-order valence-corrected chi connectivity index (χ3v) is 3.03. The molecule has 0 spiro atoms. The molecule has 4 nitrogen and oxygen atoms in total. The summed E-state index contributed by atoms with van der Waals surface area (Å²) < 4.78 is 4.72. The van der Waals surface area contributed by atoms with Crippen molar-refractivity contribution in [1.82, 2.24) is 0 Å². The number of ether oxygens (including phenoxy) is 1. The van der Waals surface area contributed by atoms with Crippen LogP contribution < -0.4 is 5.73 Å². The Morgan fingerprint density at radius 1 is 1.53 bits per heavy atom. The molecule has 0 amide bonds. The molecular formula is C11H13Cl2NO3. The molecule has 3 N–H and O–H groups in total. The molecule has 0 heterocycles. The molecule has 0 aromatic heterocycles. The van der Waals surface area contributed by atoms with Gasteiger partial charge in [-0.1, -0.05) is 35.3 Å². The summed E-state index contributed by atoms with van der Waals surface area (Å²) in [6.45, 7) is 1.85. The molecule has 6 heteroatoms. The molecule has 0 radical (unpaired) electrons. The van der Waals surface area contributed by atoms with Crippen molar-refractivity contribution in [2.24, 2.45) is 5.73 Å². The second kappa shape index (κ2) is 6.21. The maximum Gasteiger partial charge on any atom is 0.325 e. The van der Waals surface area contributed by atoms with Gasteiger partial charge in [0.25, 0.3) is 0 Å². The Hall–Kier alpha value is -0.810. The van der Waals surface area contributed by atoms with Crippen LogP contribution in [0.1, 0.15) is 18.6 Å². The van der Waals surface area contributed by atoms with Crippen LogP contribution in [-0.4, -0.2) is 23.7 Å². The Kier molecular flexibility index (Phi) is 5.21. The summed E-state index contributed by atoms with van der Waals surface area (Å²) in [7, 11) is 0. The Labute approximate surface area is 109 Å². The fourth-order valence-electron chi connectivity index (χ4n) is 1.31. The maximum absolute atomic E-state index is 11.4. The van der Waals surface area contributed by atoms with Gasteiger partial charge in [-0.2, -0.15) is 0 Å². The lowest BCUT2D eigenvalue weighted by Gasteiger charge is -2.18. The molecule has 0 saturated heterocycles. The highest BCUT2D eigenvalue weighted by Crippen LogP contribution is 2.31. The van der Waals surface area contributed by atoms with Gasteiger partial charge in [0.1, 0.15) is 12.1 Å². The molecule has 1 aromatic carbocycles. The standard InChI is InChI=1S/C11H13Cl2NO3/c1-2-17-11(16)9(14)10(15)6-4-3-5-7(12)8(6)13/h3-5,9-10,15H,2,14H2,1H3. The Bertz CT molecular complexity index is 412. The van der Waals surface area contributed by atoms with E-state index in [1.54, 1.807) is 25.1 Å². The summed E-state index contributed by atoms with van der Waals surface area (Å²) in [4.78, 5) is 11.4. The van der Waals surface area contributed by atoms with Crippen molar-refractivity contribution in [3.8, 4) is 0 Å². The van der Waals surface area contributed by atoms with Crippen LogP contribution in [0.3, 0.4) is 0 Å². The molecule has 2 unspecified atom stereocenters. The number of halogens is 2. The average Bonchev–Trinajstić information content (AvgIpc) is 2.31. The molecule has 0 bridgehead atoms. The van der Waals surface area contributed by atoms with E-state index in [-0.39, 0.29) is 11.6 Å². The Morgan fingerprint density at radius 3 is 2.76 bits per heavy atom. The van der Waals surface area contributed by atoms with Crippen molar-refractivity contribution in [2.45, 2.75) is 19.1 Å². The quantitative estimate of drug-likeness (QED) is 0.825. The minimum Gasteiger partial charge on any atom is -0.465 e. The van der Waals surface area contributed by atoms with Gasteiger partial charge >= 0.3 is 5.97 Å². The Balaban J connectivity index is 2.92. The topological polar surface area (TPSA) is 72.5 Å². The Morgan fingerprint density at radius 2 is 2.18 bits per heavy atom. The normalized spacial score (nSPS) is 14.2. The molecular weight excluding hydrogens is 265 g/mol. The number of nitrogens with two attached hydrogens (primary N) is 1. The molecule has 2 atom stereocenters. The average molecular weight is 278 g/mol. The van der Waals surface area contributed by atoms with Crippen LogP contribution >= 0.6 is 23.2 Å². The summed E-state index contributed by atoms with van der Waals surface area (Å²) in [5.41, 5.74) is 5.88.